The maximum Gasteiger partial charge on any atom is 0.237 e. The second kappa shape index (κ2) is 6.78. The van der Waals surface area contributed by atoms with Crippen LogP contribution in [0.4, 0.5) is 0 Å². The number of nitrogens with two attached hydrogens (primary N) is 1. The number of carbonyl (C=O) groups is 1. The Balaban J connectivity index is 1.91. The molecule has 0 saturated heterocycles. The molecule has 1 aliphatic carbocycles. The number of nitrogens with one attached hydrogen (secondary N) is 1. The normalized spacial score (nSPS) is 23.0. The molecule has 0 bridgehead atoms. The minimum absolute atomic E-state index is 0.0122. The third kappa shape index (κ3) is 3.86. The van der Waals surface area contributed by atoms with E-state index < -0.39 is 6.04 Å². The minimum atomic E-state index is -0.728. The third-order valence-corrected chi connectivity index (χ3v) is 4.05. The van der Waals surface area contributed by atoms with E-state index in [1.807, 2.05) is 0 Å². The fourth-order valence-electron chi connectivity index (χ4n) is 2.78. The maximum atomic E-state index is 12.1. The van der Waals surface area contributed by atoms with Crippen LogP contribution in [0.2, 0.25) is 0 Å². The largest absolute Gasteiger partial charge is 0.504 e. The molecule has 6 N–H and O–H groups in total. The van der Waals surface area contributed by atoms with Crippen molar-refractivity contribution in [2.75, 3.05) is 6.61 Å². The van der Waals surface area contributed by atoms with Gasteiger partial charge in [-0.05, 0) is 37.0 Å². The SMILES string of the molecule is N[C@@H](Cc1ccc(O)c(O)c1)C(=O)NC1CCCC1CO. The highest BCUT2D eigenvalue weighted by Gasteiger charge is 2.29. The van der Waals surface area contributed by atoms with Crippen LogP contribution in [0, 0.1) is 5.92 Å². The van der Waals surface area contributed by atoms with Crippen LogP contribution in [0.5, 0.6) is 11.5 Å². The highest BCUT2D eigenvalue weighted by Crippen LogP contribution is 2.26. The Hall–Kier alpha value is -1.79. The molecule has 116 valence electrons. The number of hydrogen-bond acceptors (Lipinski definition) is 5. The van der Waals surface area contributed by atoms with Crippen molar-refractivity contribution in [3.05, 3.63) is 23.8 Å². The number of benzene rings is 1. The van der Waals surface area contributed by atoms with Crippen molar-refractivity contribution in [3.63, 3.8) is 0 Å². The van der Waals surface area contributed by atoms with E-state index in [9.17, 15) is 20.1 Å². The standard InChI is InChI=1S/C15H22N2O4/c16-11(6-9-4-5-13(19)14(20)7-9)15(21)17-12-3-1-2-10(12)8-18/h4-5,7,10-12,18-20H,1-3,6,8,16H2,(H,17,21)/t10?,11-,12?/m0/s1. The molecule has 0 heterocycles. The van der Waals surface area contributed by atoms with Crippen molar-refractivity contribution in [2.45, 2.75) is 37.8 Å². The summed E-state index contributed by atoms with van der Waals surface area (Å²) >= 11 is 0. The van der Waals surface area contributed by atoms with Crippen LogP contribution in [-0.4, -0.2) is 39.9 Å². The first kappa shape index (κ1) is 15.6. The first-order valence-electron chi connectivity index (χ1n) is 7.19. The summed E-state index contributed by atoms with van der Waals surface area (Å²) < 4.78 is 0. The summed E-state index contributed by atoms with van der Waals surface area (Å²) in [5.74, 6) is -0.573. The van der Waals surface area contributed by atoms with Gasteiger partial charge in [-0.3, -0.25) is 4.79 Å². The van der Waals surface area contributed by atoms with Crippen molar-refractivity contribution in [2.24, 2.45) is 11.7 Å². The molecule has 1 amide bonds. The Morgan fingerprint density at radius 2 is 2.10 bits per heavy atom. The molecule has 21 heavy (non-hydrogen) atoms. The van der Waals surface area contributed by atoms with Gasteiger partial charge in [0.25, 0.3) is 0 Å². The second-order valence-corrected chi connectivity index (χ2v) is 5.62. The molecule has 3 atom stereocenters. The molecule has 1 aliphatic rings. The molecule has 0 radical (unpaired) electrons. The van der Waals surface area contributed by atoms with Gasteiger partial charge in [0.15, 0.2) is 11.5 Å². The topological polar surface area (TPSA) is 116 Å². The number of aliphatic hydroxyl groups excluding tert-OH is 1. The van der Waals surface area contributed by atoms with Gasteiger partial charge in [-0.25, -0.2) is 0 Å². The van der Waals surface area contributed by atoms with Gasteiger partial charge < -0.3 is 26.4 Å². The monoisotopic (exact) mass is 294 g/mol. The summed E-state index contributed by atoms with van der Waals surface area (Å²) in [6, 6.07) is 3.65. The van der Waals surface area contributed by atoms with Crippen LogP contribution in [0.1, 0.15) is 24.8 Å². The minimum Gasteiger partial charge on any atom is -0.504 e. The van der Waals surface area contributed by atoms with Crippen LogP contribution in [0.25, 0.3) is 0 Å². The van der Waals surface area contributed by atoms with Gasteiger partial charge in [0.1, 0.15) is 0 Å². The molecule has 2 rings (SSSR count). The number of phenols is 2. The highest BCUT2D eigenvalue weighted by molar-refractivity contribution is 5.82. The smallest absolute Gasteiger partial charge is 0.237 e. The van der Waals surface area contributed by atoms with E-state index in [2.05, 4.69) is 5.32 Å². The second-order valence-electron chi connectivity index (χ2n) is 5.62. The summed E-state index contributed by atoms with van der Waals surface area (Å²) in [6.07, 6.45) is 3.06. The highest BCUT2D eigenvalue weighted by atomic mass is 16.3. The van der Waals surface area contributed by atoms with Gasteiger partial charge in [0.2, 0.25) is 5.91 Å². The predicted octanol–water partition coefficient (Wildman–Crippen LogP) is 0.245. The van der Waals surface area contributed by atoms with Gasteiger partial charge in [-0.2, -0.15) is 0 Å². The summed E-state index contributed by atoms with van der Waals surface area (Å²) in [6.45, 7) is 0.0754. The predicted molar refractivity (Wildman–Crippen MR) is 77.8 cm³/mol. The summed E-state index contributed by atoms with van der Waals surface area (Å²) in [7, 11) is 0. The summed E-state index contributed by atoms with van der Waals surface area (Å²) in [5, 5.41) is 30.8. The number of amides is 1. The lowest BCUT2D eigenvalue weighted by Gasteiger charge is -2.21. The van der Waals surface area contributed by atoms with E-state index in [0.717, 1.165) is 19.3 Å². The Morgan fingerprint density at radius 3 is 2.76 bits per heavy atom. The molecule has 1 aromatic rings. The van der Waals surface area contributed by atoms with Gasteiger partial charge in [0.05, 0.1) is 6.04 Å². The molecular weight excluding hydrogens is 272 g/mol. The first-order chi connectivity index (χ1) is 10.0. The zero-order valence-electron chi connectivity index (χ0n) is 11.8. The quantitative estimate of drug-likeness (QED) is 0.499. The molecule has 6 nitrogen and oxygen atoms in total. The van der Waals surface area contributed by atoms with E-state index in [1.165, 1.54) is 12.1 Å². The zero-order chi connectivity index (χ0) is 15.4. The number of hydrogen-bond donors (Lipinski definition) is 5. The van der Waals surface area contributed by atoms with Crippen molar-refractivity contribution >= 4 is 5.91 Å². The van der Waals surface area contributed by atoms with E-state index >= 15 is 0 Å². The summed E-state index contributed by atoms with van der Waals surface area (Å²) in [4.78, 5) is 12.1. The van der Waals surface area contributed by atoms with Crippen LogP contribution in [0.15, 0.2) is 18.2 Å². The summed E-state index contributed by atoms with van der Waals surface area (Å²) in [5.41, 5.74) is 6.56. The van der Waals surface area contributed by atoms with E-state index in [0.29, 0.717) is 5.56 Å². The fourth-order valence-corrected chi connectivity index (χ4v) is 2.78. The number of rotatable bonds is 5. The van der Waals surface area contributed by atoms with Crippen molar-refractivity contribution < 1.29 is 20.1 Å². The van der Waals surface area contributed by atoms with Crippen molar-refractivity contribution in [3.8, 4) is 11.5 Å². The Morgan fingerprint density at radius 1 is 1.33 bits per heavy atom. The van der Waals surface area contributed by atoms with Crippen molar-refractivity contribution in [1.29, 1.82) is 0 Å². The van der Waals surface area contributed by atoms with Crippen LogP contribution >= 0.6 is 0 Å². The molecule has 1 aromatic carbocycles. The third-order valence-electron chi connectivity index (χ3n) is 4.05. The molecule has 0 aliphatic heterocycles. The molecule has 6 heteroatoms. The molecule has 0 spiro atoms. The molecule has 1 saturated carbocycles. The van der Waals surface area contributed by atoms with E-state index in [4.69, 9.17) is 5.73 Å². The van der Waals surface area contributed by atoms with Crippen LogP contribution in [0.3, 0.4) is 0 Å². The van der Waals surface area contributed by atoms with Gasteiger partial charge in [-0.1, -0.05) is 12.5 Å². The zero-order valence-corrected chi connectivity index (χ0v) is 11.8. The lowest BCUT2D eigenvalue weighted by atomic mass is 10.0. The van der Waals surface area contributed by atoms with Gasteiger partial charge >= 0.3 is 0 Å². The van der Waals surface area contributed by atoms with E-state index in [1.54, 1.807) is 6.07 Å². The number of phenolic OH excluding ortho intramolecular Hbond substituents is 2. The number of carbonyl (C=O) groups excluding carboxylic acids is 1. The lowest BCUT2D eigenvalue weighted by molar-refractivity contribution is -0.123. The first-order valence-corrected chi connectivity index (χ1v) is 7.19. The molecule has 2 unspecified atom stereocenters. The maximum absolute atomic E-state index is 12.1. The molecule has 1 fully saturated rings. The Kier molecular flexibility index (Phi) is 5.03. The Labute approximate surface area is 123 Å². The van der Waals surface area contributed by atoms with Crippen molar-refractivity contribution in [1.82, 2.24) is 5.32 Å². The molecule has 0 aromatic heterocycles. The van der Waals surface area contributed by atoms with E-state index in [-0.39, 0.29) is 42.4 Å². The average Bonchev–Trinajstić information content (AvgIpc) is 2.90. The lowest BCUT2D eigenvalue weighted by Crippen LogP contribution is -2.48. The Bertz CT molecular complexity index is 506. The van der Waals surface area contributed by atoms with Crippen LogP contribution in [-0.2, 0) is 11.2 Å². The van der Waals surface area contributed by atoms with Gasteiger partial charge in [0, 0.05) is 18.6 Å². The fraction of sp³-hybridized carbons (Fsp3) is 0.533. The number of aliphatic hydroxyl groups is 1. The van der Waals surface area contributed by atoms with Crippen LogP contribution < -0.4 is 11.1 Å². The molecular formula is C15H22N2O4. The average molecular weight is 294 g/mol. The number of aromatic hydroxyl groups is 2. The van der Waals surface area contributed by atoms with Gasteiger partial charge in [-0.15, -0.1) is 0 Å².